The van der Waals surface area contributed by atoms with Gasteiger partial charge < -0.3 is 0 Å². The molecule has 0 aliphatic heterocycles. The predicted molar refractivity (Wildman–Crippen MR) is 77.6 cm³/mol. The topological polar surface area (TPSA) is 0 Å². The number of halogens is 2. The molecule has 0 bridgehead atoms. The van der Waals surface area contributed by atoms with E-state index in [1.165, 1.54) is 11.1 Å². The van der Waals surface area contributed by atoms with Crippen LogP contribution < -0.4 is 0 Å². The van der Waals surface area contributed by atoms with Crippen molar-refractivity contribution in [3.05, 3.63) is 71.0 Å². The molecule has 0 fully saturated rings. The molecule has 0 aliphatic carbocycles. The fourth-order valence-electron chi connectivity index (χ4n) is 1.98. The molecule has 94 valence electrons. The van der Waals surface area contributed by atoms with Gasteiger partial charge in [0.25, 0.3) is 0 Å². The van der Waals surface area contributed by atoms with Crippen LogP contribution in [0.2, 0.25) is 0 Å². The number of benzene rings is 2. The van der Waals surface area contributed by atoms with Crippen molar-refractivity contribution in [1.29, 1.82) is 0 Å². The summed E-state index contributed by atoms with van der Waals surface area (Å²) in [6.07, 6.45) is 1.96. The number of hydrogen-bond acceptors (Lipinski definition) is 0. The van der Waals surface area contributed by atoms with Gasteiger partial charge in [-0.25, -0.2) is 4.39 Å². The first-order chi connectivity index (χ1) is 8.66. The number of hydrogen-bond donors (Lipinski definition) is 0. The fourth-order valence-corrected chi connectivity index (χ4v) is 2.52. The molecule has 0 aliphatic rings. The van der Waals surface area contributed by atoms with Crippen molar-refractivity contribution in [3.8, 4) is 0 Å². The minimum atomic E-state index is -0.128. The monoisotopic (exact) mass is 306 g/mol. The van der Waals surface area contributed by atoms with Crippen LogP contribution in [-0.2, 0) is 6.42 Å². The number of rotatable bonds is 4. The molecule has 18 heavy (non-hydrogen) atoms. The van der Waals surface area contributed by atoms with Crippen molar-refractivity contribution in [2.24, 2.45) is 0 Å². The summed E-state index contributed by atoms with van der Waals surface area (Å²) >= 11 is 3.70. The lowest BCUT2D eigenvalue weighted by molar-refractivity contribution is 0.617. The van der Waals surface area contributed by atoms with Crippen molar-refractivity contribution in [2.45, 2.75) is 24.6 Å². The highest BCUT2D eigenvalue weighted by molar-refractivity contribution is 9.09. The van der Waals surface area contributed by atoms with Gasteiger partial charge in [0.05, 0.1) is 0 Å². The van der Waals surface area contributed by atoms with E-state index in [0.29, 0.717) is 4.83 Å². The highest BCUT2D eigenvalue weighted by atomic mass is 79.9. The Kier molecular flexibility index (Phi) is 4.54. The highest BCUT2D eigenvalue weighted by Crippen LogP contribution is 2.27. The standard InChI is InChI=1S/C16H16BrF/c1-12-11-13(8-10-16(12)18)7-9-15(17)14-5-3-2-4-6-14/h2-6,8,10-11,15H,7,9H2,1H3. The predicted octanol–water partition coefficient (Wildman–Crippen LogP) is 5.20. The summed E-state index contributed by atoms with van der Waals surface area (Å²) in [5.74, 6) is -0.128. The molecular weight excluding hydrogens is 291 g/mol. The molecule has 0 radical (unpaired) electrons. The first-order valence-corrected chi connectivity index (χ1v) is 7.02. The van der Waals surface area contributed by atoms with E-state index in [-0.39, 0.29) is 5.82 Å². The van der Waals surface area contributed by atoms with E-state index in [0.717, 1.165) is 18.4 Å². The zero-order valence-corrected chi connectivity index (χ0v) is 12.0. The quantitative estimate of drug-likeness (QED) is 0.681. The van der Waals surface area contributed by atoms with Crippen LogP contribution in [0, 0.1) is 12.7 Å². The van der Waals surface area contributed by atoms with Crippen molar-refractivity contribution < 1.29 is 4.39 Å². The summed E-state index contributed by atoms with van der Waals surface area (Å²) in [6, 6.07) is 15.7. The highest BCUT2D eigenvalue weighted by Gasteiger charge is 2.07. The third kappa shape index (κ3) is 3.42. The summed E-state index contributed by atoms with van der Waals surface area (Å²) in [6.45, 7) is 1.81. The van der Waals surface area contributed by atoms with Gasteiger partial charge in [-0.15, -0.1) is 0 Å². The van der Waals surface area contributed by atoms with Gasteiger partial charge >= 0.3 is 0 Å². The second-order valence-corrected chi connectivity index (χ2v) is 5.61. The normalized spacial score (nSPS) is 12.4. The van der Waals surface area contributed by atoms with E-state index in [4.69, 9.17) is 0 Å². The van der Waals surface area contributed by atoms with Crippen LogP contribution in [-0.4, -0.2) is 0 Å². The molecule has 0 amide bonds. The number of aryl methyl sites for hydroxylation is 2. The maximum atomic E-state index is 13.2. The van der Waals surface area contributed by atoms with E-state index in [9.17, 15) is 4.39 Å². The van der Waals surface area contributed by atoms with Crippen LogP contribution in [0.3, 0.4) is 0 Å². The molecule has 2 rings (SSSR count). The van der Waals surface area contributed by atoms with Crippen molar-refractivity contribution in [3.63, 3.8) is 0 Å². The van der Waals surface area contributed by atoms with Gasteiger partial charge in [0.1, 0.15) is 5.82 Å². The third-order valence-corrected chi connectivity index (χ3v) is 4.06. The zero-order valence-electron chi connectivity index (χ0n) is 10.4. The van der Waals surface area contributed by atoms with Crippen LogP contribution in [0.5, 0.6) is 0 Å². The second-order valence-electron chi connectivity index (χ2n) is 4.50. The van der Waals surface area contributed by atoms with Gasteiger partial charge in [0, 0.05) is 4.83 Å². The zero-order chi connectivity index (χ0) is 13.0. The van der Waals surface area contributed by atoms with Gasteiger partial charge in [0.2, 0.25) is 0 Å². The lowest BCUT2D eigenvalue weighted by Crippen LogP contribution is -1.94. The third-order valence-electron chi connectivity index (χ3n) is 3.07. The largest absolute Gasteiger partial charge is 0.207 e. The Morgan fingerprint density at radius 2 is 1.83 bits per heavy atom. The molecule has 0 N–H and O–H groups in total. The first-order valence-electron chi connectivity index (χ1n) is 6.11. The Morgan fingerprint density at radius 3 is 2.50 bits per heavy atom. The average Bonchev–Trinajstić information content (AvgIpc) is 2.41. The van der Waals surface area contributed by atoms with E-state index in [1.807, 2.05) is 37.3 Å². The van der Waals surface area contributed by atoms with Gasteiger partial charge in [-0.3, -0.25) is 0 Å². The van der Waals surface area contributed by atoms with E-state index in [2.05, 4.69) is 28.1 Å². The molecule has 0 saturated heterocycles. The molecule has 0 aromatic heterocycles. The minimum Gasteiger partial charge on any atom is -0.207 e. The summed E-state index contributed by atoms with van der Waals surface area (Å²) in [4.78, 5) is 0.351. The minimum absolute atomic E-state index is 0.128. The summed E-state index contributed by atoms with van der Waals surface area (Å²) in [5.41, 5.74) is 3.20. The fraction of sp³-hybridized carbons (Fsp3) is 0.250. The molecule has 1 unspecified atom stereocenters. The smallest absolute Gasteiger partial charge is 0.126 e. The van der Waals surface area contributed by atoms with Gasteiger partial charge in [-0.05, 0) is 42.5 Å². The van der Waals surface area contributed by atoms with Crippen LogP contribution in [0.1, 0.15) is 27.9 Å². The number of alkyl halides is 1. The average molecular weight is 307 g/mol. The van der Waals surface area contributed by atoms with Crippen LogP contribution in [0.15, 0.2) is 48.5 Å². The second kappa shape index (κ2) is 6.14. The molecule has 0 heterocycles. The maximum Gasteiger partial charge on any atom is 0.126 e. The molecule has 0 spiro atoms. The van der Waals surface area contributed by atoms with E-state index >= 15 is 0 Å². The Morgan fingerprint density at radius 1 is 1.11 bits per heavy atom. The molecule has 2 aromatic carbocycles. The summed E-state index contributed by atoms with van der Waals surface area (Å²) in [7, 11) is 0. The summed E-state index contributed by atoms with van der Waals surface area (Å²) < 4.78 is 13.2. The van der Waals surface area contributed by atoms with Gasteiger partial charge in [-0.2, -0.15) is 0 Å². The molecule has 1 atom stereocenters. The van der Waals surface area contributed by atoms with E-state index in [1.54, 1.807) is 6.07 Å². The van der Waals surface area contributed by atoms with Crippen LogP contribution in [0.4, 0.5) is 4.39 Å². The molecule has 2 aromatic rings. The molecule has 0 saturated carbocycles. The molecular formula is C16H16BrF. The Balaban J connectivity index is 1.97. The molecule has 0 nitrogen and oxygen atoms in total. The lowest BCUT2D eigenvalue weighted by Gasteiger charge is -2.10. The van der Waals surface area contributed by atoms with Gasteiger partial charge in [-0.1, -0.05) is 58.4 Å². The lowest BCUT2D eigenvalue weighted by atomic mass is 10.0. The molecule has 2 heteroatoms. The van der Waals surface area contributed by atoms with Gasteiger partial charge in [0.15, 0.2) is 0 Å². The van der Waals surface area contributed by atoms with E-state index < -0.39 is 0 Å². The Hall–Kier alpha value is -1.15. The maximum absolute atomic E-state index is 13.2. The van der Waals surface area contributed by atoms with Crippen molar-refractivity contribution in [2.75, 3.05) is 0 Å². The Bertz CT molecular complexity index is 508. The summed E-state index contributed by atoms with van der Waals surface area (Å²) in [5, 5.41) is 0. The Labute approximate surface area is 116 Å². The SMILES string of the molecule is Cc1cc(CCC(Br)c2ccccc2)ccc1F. The first kappa shape index (κ1) is 13.3. The van der Waals surface area contributed by atoms with Crippen molar-refractivity contribution in [1.82, 2.24) is 0 Å². The van der Waals surface area contributed by atoms with Crippen LogP contribution >= 0.6 is 15.9 Å². The van der Waals surface area contributed by atoms with Crippen LogP contribution in [0.25, 0.3) is 0 Å². The van der Waals surface area contributed by atoms with Crippen molar-refractivity contribution >= 4 is 15.9 Å².